The number of hydrogen-bond donors (Lipinski definition) is 1. The van der Waals surface area contributed by atoms with Gasteiger partial charge in [0.2, 0.25) is 0 Å². The van der Waals surface area contributed by atoms with Crippen LogP contribution in [0.25, 0.3) is 10.9 Å². The number of aliphatic hydroxyl groups is 1. The van der Waals surface area contributed by atoms with Crippen molar-refractivity contribution in [2.24, 2.45) is 5.92 Å². The Morgan fingerprint density at radius 1 is 1.19 bits per heavy atom. The lowest BCUT2D eigenvalue weighted by atomic mass is 10.0. The minimum absolute atomic E-state index is 0.282. The molecule has 0 spiro atoms. The zero-order valence-corrected chi connectivity index (χ0v) is 9.00. The SMILES string of the molecule is OCC1CN(c2ccc3ccccc3n2)C1. The molecule has 1 saturated heterocycles. The van der Waals surface area contributed by atoms with Gasteiger partial charge >= 0.3 is 0 Å². The van der Waals surface area contributed by atoms with E-state index >= 15 is 0 Å². The van der Waals surface area contributed by atoms with Crippen LogP contribution in [0.4, 0.5) is 5.82 Å². The fourth-order valence-corrected chi connectivity index (χ4v) is 2.10. The third-order valence-corrected chi connectivity index (χ3v) is 3.12. The number of rotatable bonds is 2. The van der Waals surface area contributed by atoms with Crippen molar-refractivity contribution < 1.29 is 5.11 Å². The van der Waals surface area contributed by atoms with E-state index < -0.39 is 0 Å². The number of fused-ring (bicyclic) bond motifs is 1. The van der Waals surface area contributed by atoms with E-state index in [1.165, 1.54) is 5.39 Å². The predicted octanol–water partition coefficient (Wildman–Crippen LogP) is 1.66. The maximum atomic E-state index is 8.98. The van der Waals surface area contributed by atoms with Crippen LogP contribution in [-0.2, 0) is 0 Å². The van der Waals surface area contributed by atoms with Gasteiger partial charge in [0.1, 0.15) is 5.82 Å². The van der Waals surface area contributed by atoms with Gasteiger partial charge < -0.3 is 10.0 Å². The van der Waals surface area contributed by atoms with E-state index in [9.17, 15) is 0 Å². The fraction of sp³-hybridized carbons (Fsp3) is 0.308. The molecule has 0 atom stereocenters. The van der Waals surface area contributed by atoms with Gasteiger partial charge in [0, 0.05) is 31.0 Å². The molecule has 1 N–H and O–H groups in total. The molecule has 0 radical (unpaired) electrons. The predicted molar refractivity (Wildman–Crippen MR) is 64.5 cm³/mol. The zero-order chi connectivity index (χ0) is 11.0. The molecule has 0 unspecified atom stereocenters. The summed E-state index contributed by atoms with van der Waals surface area (Å²) in [5, 5.41) is 10.1. The van der Waals surface area contributed by atoms with Crippen LogP contribution in [-0.4, -0.2) is 29.8 Å². The van der Waals surface area contributed by atoms with E-state index in [1.54, 1.807) is 0 Å². The van der Waals surface area contributed by atoms with Crippen molar-refractivity contribution in [2.75, 3.05) is 24.6 Å². The third kappa shape index (κ3) is 1.53. The molecule has 0 aliphatic carbocycles. The molecule has 82 valence electrons. The Kier molecular flexibility index (Phi) is 2.26. The molecule has 3 nitrogen and oxygen atoms in total. The number of hydrogen-bond acceptors (Lipinski definition) is 3. The second-order valence-electron chi connectivity index (χ2n) is 4.32. The second kappa shape index (κ2) is 3.76. The lowest BCUT2D eigenvalue weighted by molar-refractivity contribution is 0.200. The molecule has 3 rings (SSSR count). The first-order valence-electron chi connectivity index (χ1n) is 5.58. The van der Waals surface area contributed by atoms with Crippen molar-refractivity contribution in [2.45, 2.75) is 0 Å². The van der Waals surface area contributed by atoms with Crippen LogP contribution in [0, 0.1) is 5.92 Å². The van der Waals surface area contributed by atoms with Gasteiger partial charge in [-0.25, -0.2) is 4.98 Å². The van der Waals surface area contributed by atoms with Crippen molar-refractivity contribution in [1.82, 2.24) is 4.98 Å². The van der Waals surface area contributed by atoms with Crippen molar-refractivity contribution in [3.05, 3.63) is 36.4 Å². The number of para-hydroxylation sites is 1. The first-order valence-corrected chi connectivity index (χ1v) is 5.58. The van der Waals surface area contributed by atoms with E-state index in [0.717, 1.165) is 24.4 Å². The molecule has 1 fully saturated rings. The van der Waals surface area contributed by atoms with Crippen LogP contribution >= 0.6 is 0 Å². The highest BCUT2D eigenvalue weighted by Crippen LogP contribution is 2.24. The molecule has 1 aromatic heterocycles. The Balaban J connectivity index is 1.89. The van der Waals surface area contributed by atoms with E-state index in [4.69, 9.17) is 5.11 Å². The van der Waals surface area contributed by atoms with Gasteiger partial charge in [-0.1, -0.05) is 18.2 Å². The van der Waals surface area contributed by atoms with Crippen LogP contribution in [0.15, 0.2) is 36.4 Å². The third-order valence-electron chi connectivity index (χ3n) is 3.12. The molecule has 0 bridgehead atoms. The summed E-state index contributed by atoms with van der Waals surface area (Å²) in [6.07, 6.45) is 0. The summed E-state index contributed by atoms with van der Waals surface area (Å²) in [5.41, 5.74) is 1.03. The van der Waals surface area contributed by atoms with Gasteiger partial charge in [-0.3, -0.25) is 0 Å². The van der Waals surface area contributed by atoms with Crippen LogP contribution in [0.2, 0.25) is 0 Å². The topological polar surface area (TPSA) is 36.4 Å². The molecule has 1 aliphatic heterocycles. The minimum Gasteiger partial charge on any atom is -0.396 e. The maximum Gasteiger partial charge on any atom is 0.129 e. The Labute approximate surface area is 94.3 Å². The largest absolute Gasteiger partial charge is 0.396 e. The normalized spacial score (nSPS) is 16.4. The molecular weight excluding hydrogens is 200 g/mol. The average molecular weight is 214 g/mol. The summed E-state index contributed by atoms with van der Waals surface area (Å²) >= 11 is 0. The molecule has 2 aromatic rings. The molecule has 2 heterocycles. The van der Waals surface area contributed by atoms with E-state index in [1.807, 2.05) is 18.2 Å². The fourth-order valence-electron chi connectivity index (χ4n) is 2.10. The number of aromatic nitrogens is 1. The van der Waals surface area contributed by atoms with Crippen LogP contribution in [0.1, 0.15) is 0 Å². The molecule has 1 aliphatic rings. The van der Waals surface area contributed by atoms with Crippen LogP contribution in [0.3, 0.4) is 0 Å². The van der Waals surface area contributed by atoms with Gasteiger partial charge in [-0.2, -0.15) is 0 Å². The van der Waals surface area contributed by atoms with Crippen LogP contribution < -0.4 is 4.90 Å². The summed E-state index contributed by atoms with van der Waals surface area (Å²) in [6, 6.07) is 12.3. The first kappa shape index (κ1) is 9.60. The van der Waals surface area contributed by atoms with Crippen molar-refractivity contribution in [1.29, 1.82) is 0 Å². The number of aliphatic hydroxyl groups excluding tert-OH is 1. The van der Waals surface area contributed by atoms with Crippen LogP contribution in [0.5, 0.6) is 0 Å². The average Bonchev–Trinajstić information content (AvgIpc) is 2.27. The zero-order valence-electron chi connectivity index (χ0n) is 9.00. The standard InChI is InChI=1S/C13H14N2O/c16-9-10-7-15(8-10)13-6-5-11-3-1-2-4-12(11)14-13/h1-6,10,16H,7-9H2. The highest BCUT2D eigenvalue weighted by Gasteiger charge is 2.26. The summed E-state index contributed by atoms with van der Waals surface area (Å²) in [5.74, 6) is 1.44. The van der Waals surface area contributed by atoms with Gasteiger partial charge in [0.15, 0.2) is 0 Å². The molecule has 0 amide bonds. The minimum atomic E-state index is 0.282. The monoisotopic (exact) mass is 214 g/mol. The van der Waals surface area contributed by atoms with Gasteiger partial charge in [0.25, 0.3) is 0 Å². The Hall–Kier alpha value is -1.61. The van der Waals surface area contributed by atoms with Crippen molar-refractivity contribution >= 4 is 16.7 Å². The number of nitrogens with zero attached hydrogens (tertiary/aromatic N) is 2. The number of anilines is 1. The summed E-state index contributed by atoms with van der Waals surface area (Å²) in [6.45, 7) is 2.12. The lowest BCUT2D eigenvalue weighted by Gasteiger charge is -2.39. The number of pyridine rings is 1. The molecule has 0 saturated carbocycles. The highest BCUT2D eigenvalue weighted by atomic mass is 16.3. The first-order chi connectivity index (χ1) is 7.86. The van der Waals surface area contributed by atoms with Gasteiger partial charge in [-0.05, 0) is 18.2 Å². The quantitative estimate of drug-likeness (QED) is 0.826. The summed E-state index contributed by atoms with van der Waals surface area (Å²) in [4.78, 5) is 6.81. The highest BCUT2D eigenvalue weighted by molar-refractivity contribution is 5.80. The molecule has 1 aromatic carbocycles. The Morgan fingerprint density at radius 3 is 2.81 bits per heavy atom. The van der Waals surface area contributed by atoms with Crippen molar-refractivity contribution in [3.63, 3.8) is 0 Å². The van der Waals surface area contributed by atoms with Crippen molar-refractivity contribution in [3.8, 4) is 0 Å². The van der Waals surface area contributed by atoms with E-state index in [2.05, 4.69) is 28.1 Å². The molecule has 16 heavy (non-hydrogen) atoms. The summed E-state index contributed by atoms with van der Waals surface area (Å²) < 4.78 is 0. The lowest BCUT2D eigenvalue weighted by Crippen LogP contribution is -2.48. The second-order valence-corrected chi connectivity index (χ2v) is 4.32. The smallest absolute Gasteiger partial charge is 0.129 e. The Bertz CT molecular complexity index is 506. The van der Waals surface area contributed by atoms with E-state index in [-0.39, 0.29) is 6.61 Å². The van der Waals surface area contributed by atoms with Gasteiger partial charge in [-0.15, -0.1) is 0 Å². The van der Waals surface area contributed by atoms with Gasteiger partial charge in [0.05, 0.1) is 5.52 Å². The van der Waals surface area contributed by atoms with E-state index in [0.29, 0.717) is 5.92 Å². The number of benzene rings is 1. The summed E-state index contributed by atoms with van der Waals surface area (Å²) in [7, 11) is 0. The Morgan fingerprint density at radius 2 is 2.00 bits per heavy atom. The molecular formula is C13H14N2O. The maximum absolute atomic E-state index is 8.98. The molecule has 3 heteroatoms.